The number of nitrogens with one attached hydrogen (secondary N) is 1. The van der Waals surface area contributed by atoms with Crippen molar-refractivity contribution in [2.75, 3.05) is 11.0 Å². The van der Waals surface area contributed by atoms with Gasteiger partial charge in [-0.05, 0) is 58.8 Å². The molecule has 0 bridgehead atoms. The Morgan fingerprint density at radius 2 is 1.88 bits per heavy atom. The second-order valence-electron chi connectivity index (χ2n) is 6.39. The Bertz CT molecular complexity index is 1040. The quantitative estimate of drug-likeness (QED) is 0.597. The molecule has 1 aromatic carbocycles. The number of thiophene rings is 1. The average Bonchev–Trinajstić information content (AvgIpc) is 3.03. The van der Waals surface area contributed by atoms with Gasteiger partial charge in [-0.1, -0.05) is 25.4 Å². The Morgan fingerprint density at radius 1 is 1.12 bits per heavy atom. The van der Waals surface area contributed by atoms with Crippen LogP contribution in [0.3, 0.4) is 0 Å². The lowest BCUT2D eigenvalue weighted by Crippen LogP contribution is -2.09. The first-order valence-electron chi connectivity index (χ1n) is 8.05. The van der Waals surface area contributed by atoms with Crippen molar-refractivity contribution < 1.29 is 8.42 Å². The molecule has 0 aliphatic carbocycles. The van der Waals surface area contributed by atoms with Crippen molar-refractivity contribution >= 4 is 38.6 Å². The molecule has 0 unspecified atom stereocenters. The Hall–Kier alpha value is -1.89. The number of hydrogen-bond donors (Lipinski definition) is 1. The Labute approximate surface area is 162 Å². The van der Waals surface area contributed by atoms with Gasteiger partial charge in [-0.25, -0.2) is 8.42 Å². The molecule has 2 aromatic heterocycles. The number of nitrogens with zero attached hydrogens (tertiary/aromatic N) is 1. The van der Waals surface area contributed by atoms with Crippen molar-refractivity contribution in [2.24, 2.45) is 0 Å². The van der Waals surface area contributed by atoms with Gasteiger partial charge in [0, 0.05) is 28.0 Å². The van der Waals surface area contributed by atoms with Gasteiger partial charge in [-0.3, -0.25) is 9.71 Å². The standard InChI is InChI=1S/C19H19ClN2O2S2/c1-12(2)18-8-13(6-7-21-18)14-9-19(25-11-14)16-5-4-15(10-17(16)20)22-26(3,23)24/h4-12,22H,1-3H3. The molecule has 0 amide bonds. The molecule has 0 atom stereocenters. The highest BCUT2D eigenvalue weighted by molar-refractivity contribution is 7.92. The molecular weight excluding hydrogens is 388 g/mol. The molecule has 2 heterocycles. The van der Waals surface area contributed by atoms with Gasteiger partial charge in [0.1, 0.15) is 0 Å². The highest BCUT2D eigenvalue weighted by atomic mass is 35.5. The van der Waals surface area contributed by atoms with E-state index in [2.05, 4.69) is 41.1 Å². The monoisotopic (exact) mass is 406 g/mol. The summed E-state index contributed by atoms with van der Waals surface area (Å²) in [5.74, 6) is 0.373. The third kappa shape index (κ3) is 4.44. The van der Waals surface area contributed by atoms with Crippen LogP contribution in [-0.4, -0.2) is 19.7 Å². The number of benzene rings is 1. The summed E-state index contributed by atoms with van der Waals surface area (Å²) in [4.78, 5) is 5.44. The second-order valence-corrected chi connectivity index (χ2v) is 9.46. The van der Waals surface area contributed by atoms with Crippen molar-refractivity contribution in [3.8, 4) is 21.6 Å². The molecule has 0 spiro atoms. The predicted octanol–water partition coefficient (Wildman–Crippen LogP) is 5.63. The molecule has 26 heavy (non-hydrogen) atoms. The minimum atomic E-state index is -3.33. The predicted molar refractivity (Wildman–Crippen MR) is 111 cm³/mol. The lowest BCUT2D eigenvalue weighted by molar-refractivity contribution is 0.607. The van der Waals surface area contributed by atoms with Crippen LogP contribution in [0, 0.1) is 0 Å². The molecular formula is C19H19ClN2O2S2. The van der Waals surface area contributed by atoms with Gasteiger partial charge in [0.2, 0.25) is 10.0 Å². The van der Waals surface area contributed by atoms with Crippen LogP contribution in [-0.2, 0) is 10.0 Å². The molecule has 0 saturated carbocycles. The highest BCUT2D eigenvalue weighted by Crippen LogP contribution is 2.37. The SMILES string of the molecule is CC(C)c1cc(-c2csc(-c3ccc(NS(C)(=O)=O)cc3Cl)c2)ccn1. The molecule has 0 radical (unpaired) electrons. The smallest absolute Gasteiger partial charge is 0.229 e. The number of aromatic nitrogens is 1. The summed E-state index contributed by atoms with van der Waals surface area (Å²) >= 11 is 7.98. The molecule has 0 aliphatic rings. The number of hydrogen-bond acceptors (Lipinski definition) is 4. The fourth-order valence-corrected chi connectivity index (χ4v) is 4.42. The van der Waals surface area contributed by atoms with Crippen molar-refractivity contribution in [1.29, 1.82) is 0 Å². The van der Waals surface area contributed by atoms with Gasteiger partial charge in [0.25, 0.3) is 0 Å². The third-order valence-corrected chi connectivity index (χ3v) is 5.73. The van der Waals surface area contributed by atoms with Gasteiger partial charge in [-0.2, -0.15) is 0 Å². The van der Waals surface area contributed by atoms with Crippen molar-refractivity contribution in [2.45, 2.75) is 19.8 Å². The van der Waals surface area contributed by atoms with Crippen LogP contribution in [0.2, 0.25) is 5.02 Å². The maximum absolute atomic E-state index is 11.3. The number of pyridine rings is 1. The van der Waals surface area contributed by atoms with E-state index in [0.717, 1.165) is 33.5 Å². The van der Waals surface area contributed by atoms with Crippen LogP contribution < -0.4 is 4.72 Å². The highest BCUT2D eigenvalue weighted by Gasteiger charge is 2.11. The fraction of sp³-hybridized carbons (Fsp3) is 0.211. The van der Waals surface area contributed by atoms with Gasteiger partial charge < -0.3 is 0 Å². The number of halogens is 1. The first-order chi connectivity index (χ1) is 12.2. The van der Waals surface area contributed by atoms with Crippen LogP contribution in [0.15, 0.2) is 48.0 Å². The van der Waals surface area contributed by atoms with E-state index in [1.807, 2.05) is 18.3 Å². The van der Waals surface area contributed by atoms with Gasteiger partial charge in [0.15, 0.2) is 0 Å². The summed E-state index contributed by atoms with van der Waals surface area (Å²) in [6, 6.07) is 11.4. The zero-order chi connectivity index (χ0) is 18.9. The van der Waals surface area contributed by atoms with Crippen molar-refractivity contribution in [3.63, 3.8) is 0 Å². The summed E-state index contributed by atoms with van der Waals surface area (Å²) in [7, 11) is -3.33. The lowest BCUT2D eigenvalue weighted by atomic mass is 10.0. The van der Waals surface area contributed by atoms with E-state index in [9.17, 15) is 8.42 Å². The molecule has 7 heteroatoms. The van der Waals surface area contributed by atoms with Crippen LogP contribution in [0.4, 0.5) is 5.69 Å². The molecule has 3 rings (SSSR count). The van der Waals surface area contributed by atoms with E-state index in [-0.39, 0.29) is 0 Å². The fourth-order valence-electron chi connectivity index (χ4n) is 2.56. The van der Waals surface area contributed by atoms with Gasteiger partial charge in [0.05, 0.1) is 11.3 Å². The normalized spacial score (nSPS) is 11.7. The summed E-state index contributed by atoms with van der Waals surface area (Å²) in [5.41, 5.74) is 4.62. The van der Waals surface area contributed by atoms with Gasteiger partial charge >= 0.3 is 0 Å². The second kappa shape index (κ2) is 7.39. The summed E-state index contributed by atoms with van der Waals surface area (Å²) in [5, 5.41) is 2.60. The van der Waals surface area contributed by atoms with Crippen molar-refractivity contribution in [3.05, 3.63) is 58.7 Å². The zero-order valence-electron chi connectivity index (χ0n) is 14.7. The molecule has 4 nitrogen and oxygen atoms in total. The van der Waals surface area contributed by atoms with Crippen LogP contribution in [0.1, 0.15) is 25.5 Å². The summed E-state index contributed by atoms with van der Waals surface area (Å²) < 4.78 is 25.1. The first kappa shape index (κ1) is 18.9. The Balaban J connectivity index is 1.92. The van der Waals surface area contributed by atoms with E-state index < -0.39 is 10.0 Å². The van der Waals surface area contributed by atoms with E-state index >= 15 is 0 Å². The van der Waals surface area contributed by atoms with Crippen LogP contribution in [0.25, 0.3) is 21.6 Å². The maximum atomic E-state index is 11.3. The first-order valence-corrected chi connectivity index (χ1v) is 11.2. The minimum absolute atomic E-state index is 0.373. The Kier molecular flexibility index (Phi) is 5.37. The van der Waals surface area contributed by atoms with E-state index in [1.54, 1.807) is 23.5 Å². The van der Waals surface area contributed by atoms with Crippen LogP contribution in [0.5, 0.6) is 0 Å². The van der Waals surface area contributed by atoms with E-state index in [1.165, 1.54) is 0 Å². The minimum Gasteiger partial charge on any atom is -0.284 e. The number of sulfonamides is 1. The number of anilines is 1. The van der Waals surface area contributed by atoms with E-state index in [0.29, 0.717) is 16.6 Å². The van der Waals surface area contributed by atoms with Crippen LogP contribution >= 0.6 is 22.9 Å². The molecule has 0 aliphatic heterocycles. The van der Waals surface area contributed by atoms with Crippen molar-refractivity contribution in [1.82, 2.24) is 4.98 Å². The Morgan fingerprint density at radius 3 is 2.54 bits per heavy atom. The lowest BCUT2D eigenvalue weighted by Gasteiger charge is -2.07. The maximum Gasteiger partial charge on any atom is 0.229 e. The summed E-state index contributed by atoms with van der Waals surface area (Å²) in [6.07, 6.45) is 2.95. The third-order valence-electron chi connectivity index (χ3n) is 3.84. The molecule has 136 valence electrons. The molecule has 1 N–H and O–H groups in total. The van der Waals surface area contributed by atoms with E-state index in [4.69, 9.17) is 11.6 Å². The zero-order valence-corrected chi connectivity index (χ0v) is 17.0. The molecule has 0 saturated heterocycles. The summed E-state index contributed by atoms with van der Waals surface area (Å²) in [6.45, 7) is 4.24. The largest absolute Gasteiger partial charge is 0.284 e. The average molecular weight is 407 g/mol. The molecule has 0 fully saturated rings. The number of rotatable bonds is 5. The van der Waals surface area contributed by atoms with Gasteiger partial charge in [-0.15, -0.1) is 11.3 Å². The topological polar surface area (TPSA) is 59.1 Å². The molecule has 3 aromatic rings.